The number of hydrogen-bond donors (Lipinski definition) is 2. The van der Waals surface area contributed by atoms with E-state index >= 15 is 0 Å². The van der Waals surface area contributed by atoms with Crippen molar-refractivity contribution in [2.45, 2.75) is 12.5 Å². The van der Waals surface area contributed by atoms with E-state index in [4.69, 9.17) is 5.73 Å². The Morgan fingerprint density at radius 2 is 2.13 bits per heavy atom. The molecule has 0 heterocycles. The zero-order valence-corrected chi connectivity index (χ0v) is 9.39. The van der Waals surface area contributed by atoms with Crippen LogP contribution in [-0.2, 0) is 0 Å². The second-order valence-electron chi connectivity index (χ2n) is 3.06. The Kier molecular flexibility index (Phi) is 3.82. The van der Waals surface area contributed by atoms with E-state index in [-0.39, 0.29) is 10.0 Å². The van der Waals surface area contributed by atoms with Crippen molar-refractivity contribution in [1.29, 1.82) is 0 Å². The number of rotatable bonds is 3. The fraction of sp³-hybridized carbons (Fsp3) is 0.200. The molecule has 0 aliphatic carbocycles. The maximum atomic E-state index is 13.1. The lowest BCUT2D eigenvalue weighted by Gasteiger charge is -2.13. The molecule has 0 radical (unpaired) electrons. The maximum Gasteiger partial charge on any atom is 0.201 e. The van der Waals surface area contributed by atoms with Gasteiger partial charge in [-0.2, -0.15) is 4.39 Å². The fourth-order valence-electron chi connectivity index (χ4n) is 1.19. The molecule has 0 aromatic heterocycles. The first kappa shape index (κ1) is 12.1. The predicted octanol–water partition coefficient (Wildman–Crippen LogP) is 3.01. The number of benzene rings is 1. The lowest BCUT2D eigenvalue weighted by molar-refractivity contribution is 0.395. The molecule has 0 unspecified atom stereocenters. The summed E-state index contributed by atoms with van der Waals surface area (Å²) in [6.45, 7) is 3.48. The Labute approximate surface area is 94.5 Å². The largest absolute Gasteiger partial charge is 0.505 e. The predicted molar refractivity (Wildman–Crippen MR) is 57.5 cm³/mol. The number of hydrogen-bond acceptors (Lipinski definition) is 2. The van der Waals surface area contributed by atoms with E-state index in [0.29, 0.717) is 6.42 Å². The third-order valence-corrected chi connectivity index (χ3v) is 2.56. The summed E-state index contributed by atoms with van der Waals surface area (Å²) in [7, 11) is 0. The normalized spacial score (nSPS) is 12.5. The molecule has 1 aromatic carbocycles. The molecule has 82 valence electrons. The van der Waals surface area contributed by atoms with E-state index in [1.165, 1.54) is 6.07 Å². The molecule has 1 atom stereocenters. The summed E-state index contributed by atoms with van der Waals surface area (Å²) in [4.78, 5) is 0. The van der Waals surface area contributed by atoms with Crippen LogP contribution in [0.4, 0.5) is 8.78 Å². The maximum absolute atomic E-state index is 13.1. The third kappa shape index (κ3) is 2.35. The quantitative estimate of drug-likeness (QED) is 0.659. The van der Waals surface area contributed by atoms with Crippen LogP contribution in [0.5, 0.6) is 5.75 Å². The Morgan fingerprint density at radius 1 is 1.53 bits per heavy atom. The highest BCUT2D eigenvalue weighted by Gasteiger charge is 2.19. The van der Waals surface area contributed by atoms with Gasteiger partial charge in [0.15, 0.2) is 11.6 Å². The molecule has 2 nitrogen and oxygen atoms in total. The van der Waals surface area contributed by atoms with E-state index in [1.807, 2.05) is 0 Å². The van der Waals surface area contributed by atoms with Crippen molar-refractivity contribution in [3.63, 3.8) is 0 Å². The van der Waals surface area contributed by atoms with Gasteiger partial charge < -0.3 is 10.8 Å². The summed E-state index contributed by atoms with van der Waals surface area (Å²) in [5.41, 5.74) is 5.81. The molecule has 3 N–H and O–H groups in total. The SMILES string of the molecule is C=CC[C@H](N)c1cc(Br)c(F)c(F)c1O. The van der Waals surface area contributed by atoms with Gasteiger partial charge in [0.25, 0.3) is 0 Å². The van der Waals surface area contributed by atoms with Gasteiger partial charge in [-0.15, -0.1) is 6.58 Å². The van der Waals surface area contributed by atoms with Crippen LogP contribution >= 0.6 is 15.9 Å². The molecule has 1 rings (SSSR count). The number of aromatic hydroxyl groups is 1. The average molecular weight is 278 g/mol. The molecule has 0 amide bonds. The second kappa shape index (κ2) is 4.72. The lowest BCUT2D eigenvalue weighted by Crippen LogP contribution is -2.10. The first-order valence-electron chi connectivity index (χ1n) is 4.21. The highest BCUT2D eigenvalue weighted by Crippen LogP contribution is 2.33. The number of nitrogens with two attached hydrogens (primary N) is 1. The van der Waals surface area contributed by atoms with Gasteiger partial charge in [0.2, 0.25) is 5.82 Å². The standard InChI is InChI=1S/C10H10BrF2NO/c1-2-3-7(14)5-4-6(11)8(12)9(13)10(5)15/h2,4,7,15H,1,3,14H2/t7-/m0/s1. The molecule has 0 aliphatic rings. The van der Waals surface area contributed by atoms with Gasteiger partial charge in [0, 0.05) is 11.6 Å². The molecule has 0 saturated carbocycles. The Morgan fingerprint density at radius 3 is 2.67 bits per heavy atom. The minimum atomic E-state index is -1.29. The second-order valence-corrected chi connectivity index (χ2v) is 3.91. The van der Waals surface area contributed by atoms with Crippen LogP contribution in [0.15, 0.2) is 23.2 Å². The smallest absolute Gasteiger partial charge is 0.201 e. The third-order valence-electron chi connectivity index (χ3n) is 1.99. The minimum absolute atomic E-state index is 0.0627. The molecule has 0 bridgehead atoms. The van der Waals surface area contributed by atoms with Crippen LogP contribution in [0.3, 0.4) is 0 Å². The van der Waals surface area contributed by atoms with Gasteiger partial charge in [-0.05, 0) is 28.4 Å². The topological polar surface area (TPSA) is 46.2 Å². The average Bonchev–Trinajstić information content (AvgIpc) is 2.20. The van der Waals surface area contributed by atoms with Crippen LogP contribution in [0.25, 0.3) is 0 Å². The van der Waals surface area contributed by atoms with Crippen LogP contribution < -0.4 is 5.73 Å². The number of phenolic OH excluding ortho intramolecular Hbond substituents is 1. The first-order chi connectivity index (χ1) is 6.99. The van der Waals surface area contributed by atoms with Gasteiger partial charge in [-0.25, -0.2) is 4.39 Å². The van der Waals surface area contributed by atoms with E-state index in [2.05, 4.69) is 22.5 Å². The van der Waals surface area contributed by atoms with E-state index in [1.54, 1.807) is 6.08 Å². The van der Waals surface area contributed by atoms with Gasteiger partial charge in [0.1, 0.15) is 0 Å². The van der Waals surface area contributed by atoms with Crippen molar-refractivity contribution in [2.24, 2.45) is 5.73 Å². The first-order valence-corrected chi connectivity index (χ1v) is 5.01. The minimum Gasteiger partial charge on any atom is -0.505 e. The summed E-state index contributed by atoms with van der Waals surface area (Å²) in [6, 6.07) is 0.663. The lowest BCUT2D eigenvalue weighted by atomic mass is 10.0. The van der Waals surface area contributed by atoms with Crippen LogP contribution in [0.1, 0.15) is 18.0 Å². The molecular weight excluding hydrogens is 268 g/mol. The summed E-state index contributed by atoms with van der Waals surface area (Å²) in [6.07, 6.45) is 1.91. The van der Waals surface area contributed by atoms with Crippen LogP contribution in [0.2, 0.25) is 0 Å². The van der Waals surface area contributed by atoms with Crippen molar-refractivity contribution < 1.29 is 13.9 Å². The molecule has 0 fully saturated rings. The summed E-state index contributed by atoms with van der Waals surface area (Å²) in [5.74, 6) is -3.16. The molecule has 5 heteroatoms. The summed E-state index contributed by atoms with van der Waals surface area (Å²) in [5, 5.41) is 9.35. The Bertz CT molecular complexity index is 395. The van der Waals surface area contributed by atoms with Gasteiger partial charge in [-0.1, -0.05) is 6.08 Å². The Balaban J connectivity index is 3.25. The zero-order valence-electron chi connectivity index (χ0n) is 7.80. The monoisotopic (exact) mass is 277 g/mol. The molecule has 0 spiro atoms. The van der Waals surface area contributed by atoms with Crippen molar-refractivity contribution in [2.75, 3.05) is 0 Å². The van der Waals surface area contributed by atoms with Gasteiger partial charge in [-0.3, -0.25) is 0 Å². The fourth-order valence-corrected chi connectivity index (χ4v) is 1.61. The van der Waals surface area contributed by atoms with E-state index in [0.717, 1.165) is 0 Å². The molecular formula is C10H10BrF2NO. The highest BCUT2D eigenvalue weighted by atomic mass is 79.9. The van der Waals surface area contributed by atoms with Crippen molar-refractivity contribution in [3.05, 3.63) is 40.4 Å². The Hall–Kier alpha value is -0.940. The highest BCUT2D eigenvalue weighted by molar-refractivity contribution is 9.10. The van der Waals surface area contributed by atoms with Crippen molar-refractivity contribution in [3.8, 4) is 5.75 Å². The van der Waals surface area contributed by atoms with Crippen molar-refractivity contribution >= 4 is 15.9 Å². The zero-order chi connectivity index (χ0) is 11.6. The van der Waals surface area contributed by atoms with Crippen LogP contribution in [-0.4, -0.2) is 5.11 Å². The van der Waals surface area contributed by atoms with E-state index < -0.39 is 23.4 Å². The molecule has 0 saturated heterocycles. The van der Waals surface area contributed by atoms with Gasteiger partial charge >= 0.3 is 0 Å². The van der Waals surface area contributed by atoms with Crippen LogP contribution in [0, 0.1) is 11.6 Å². The van der Waals surface area contributed by atoms with E-state index in [9.17, 15) is 13.9 Å². The summed E-state index contributed by atoms with van der Waals surface area (Å²) < 4.78 is 26.0. The summed E-state index contributed by atoms with van der Waals surface area (Å²) >= 11 is 2.84. The number of halogens is 3. The number of phenols is 1. The molecule has 0 aliphatic heterocycles. The van der Waals surface area contributed by atoms with Crippen molar-refractivity contribution in [1.82, 2.24) is 0 Å². The molecule has 15 heavy (non-hydrogen) atoms. The molecule has 1 aromatic rings. The van der Waals surface area contributed by atoms with Gasteiger partial charge in [0.05, 0.1) is 4.47 Å².